The Hall–Kier alpha value is -2.22. The Kier molecular flexibility index (Phi) is 1.52. The van der Waals surface area contributed by atoms with Crippen molar-refractivity contribution in [1.29, 1.82) is 0 Å². The van der Waals surface area contributed by atoms with Gasteiger partial charge in [0.1, 0.15) is 5.65 Å². The number of rotatable bonds is 0. The summed E-state index contributed by atoms with van der Waals surface area (Å²) in [5.41, 5.74) is 3.69. The van der Waals surface area contributed by atoms with Crippen molar-refractivity contribution in [2.75, 3.05) is 0 Å². The van der Waals surface area contributed by atoms with Crippen molar-refractivity contribution in [2.45, 2.75) is 0 Å². The molecule has 0 radical (unpaired) electrons. The van der Waals surface area contributed by atoms with Gasteiger partial charge in [0, 0.05) is 28.7 Å². The fourth-order valence-corrected chi connectivity index (χ4v) is 2.75. The van der Waals surface area contributed by atoms with Crippen LogP contribution in [0, 0.1) is 0 Å². The van der Waals surface area contributed by atoms with Gasteiger partial charge in [0.05, 0.1) is 5.52 Å². The molecule has 82 valence electrons. The van der Waals surface area contributed by atoms with Crippen molar-refractivity contribution >= 4 is 32.8 Å². The van der Waals surface area contributed by atoms with Crippen LogP contribution in [0.4, 0.5) is 0 Å². The van der Waals surface area contributed by atoms with E-state index < -0.39 is 0 Å². The molecule has 0 atom stereocenters. The molecule has 2 heterocycles. The molecule has 0 fully saturated rings. The number of aryl methyl sites for hydroxylation is 1. The van der Waals surface area contributed by atoms with Gasteiger partial charge in [-0.3, -0.25) is 0 Å². The fraction of sp³-hybridized carbons (Fsp3) is 0.0667. The van der Waals surface area contributed by atoms with E-state index in [-0.39, 0.29) is 0 Å². The van der Waals surface area contributed by atoms with E-state index in [1.165, 1.54) is 32.8 Å². The maximum atomic E-state index is 3.50. The average molecular weight is 220 g/mol. The van der Waals surface area contributed by atoms with Gasteiger partial charge >= 0.3 is 0 Å². The number of nitrogens with zero attached hydrogens (tertiary/aromatic N) is 1. The minimum absolute atomic E-state index is 1.20. The standard InChI is InChI=1S/C15H12N2/c1-17-13-9-5-3-7-11(13)14-10-6-2-4-8-12(10)16-15(14)17/h2-9,16H,1H3. The van der Waals surface area contributed by atoms with Crippen LogP contribution in [0.2, 0.25) is 0 Å². The van der Waals surface area contributed by atoms with Crippen molar-refractivity contribution in [3.8, 4) is 0 Å². The highest BCUT2D eigenvalue weighted by Crippen LogP contribution is 2.33. The molecule has 0 aliphatic carbocycles. The molecule has 0 unspecified atom stereocenters. The summed E-state index contributed by atoms with van der Waals surface area (Å²) < 4.78 is 2.23. The summed E-state index contributed by atoms with van der Waals surface area (Å²) >= 11 is 0. The fourth-order valence-electron chi connectivity index (χ4n) is 2.75. The molecule has 0 aliphatic rings. The van der Waals surface area contributed by atoms with Gasteiger partial charge < -0.3 is 9.55 Å². The molecule has 1 N–H and O–H groups in total. The van der Waals surface area contributed by atoms with Crippen LogP contribution >= 0.6 is 0 Å². The second kappa shape index (κ2) is 2.92. The minimum Gasteiger partial charge on any atom is -0.341 e. The minimum atomic E-state index is 1.20. The predicted octanol–water partition coefficient (Wildman–Crippen LogP) is 3.81. The lowest BCUT2D eigenvalue weighted by Gasteiger charge is -1.96. The molecule has 4 aromatic rings. The number of fused-ring (bicyclic) bond motifs is 5. The highest BCUT2D eigenvalue weighted by molar-refractivity contribution is 6.20. The maximum Gasteiger partial charge on any atom is 0.119 e. The van der Waals surface area contributed by atoms with Gasteiger partial charge in [0.2, 0.25) is 0 Å². The monoisotopic (exact) mass is 220 g/mol. The summed E-state index contributed by atoms with van der Waals surface area (Å²) in [6.45, 7) is 0. The lowest BCUT2D eigenvalue weighted by molar-refractivity contribution is 0.997. The first kappa shape index (κ1) is 8.88. The van der Waals surface area contributed by atoms with E-state index in [0.717, 1.165) is 0 Å². The van der Waals surface area contributed by atoms with E-state index in [4.69, 9.17) is 0 Å². The van der Waals surface area contributed by atoms with Crippen LogP contribution < -0.4 is 0 Å². The van der Waals surface area contributed by atoms with Gasteiger partial charge in [-0.1, -0.05) is 36.4 Å². The Balaban J connectivity index is 2.41. The molecular weight excluding hydrogens is 208 g/mol. The Morgan fingerprint density at radius 3 is 2.47 bits per heavy atom. The number of benzene rings is 2. The molecule has 0 aliphatic heterocycles. The molecule has 17 heavy (non-hydrogen) atoms. The Morgan fingerprint density at radius 2 is 1.59 bits per heavy atom. The molecule has 2 aromatic heterocycles. The van der Waals surface area contributed by atoms with E-state index in [2.05, 4.69) is 65.1 Å². The van der Waals surface area contributed by atoms with Crippen LogP contribution in [0.15, 0.2) is 48.5 Å². The third-order valence-corrected chi connectivity index (χ3v) is 3.56. The van der Waals surface area contributed by atoms with Gasteiger partial charge in [0.25, 0.3) is 0 Å². The summed E-state index contributed by atoms with van der Waals surface area (Å²) in [6.07, 6.45) is 0. The number of aromatic nitrogens is 2. The predicted molar refractivity (Wildman–Crippen MR) is 72.3 cm³/mol. The number of para-hydroxylation sites is 2. The van der Waals surface area contributed by atoms with Crippen LogP contribution in [0.25, 0.3) is 32.8 Å². The van der Waals surface area contributed by atoms with E-state index in [1.807, 2.05) is 0 Å². The molecule has 0 amide bonds. The lowest BCUT2D eigenvalue weighted by Crippen LogP contribution is -1.86. The van der Waals surface area contributed by atoms with E-state index in [0.29, 0.717) is 0 Å². The van der Waals surface area contributed by atoms with Gasteiger partial charge in [0.15, 0.2) is 0 Å². The number of nitrogens with one attached hydrogen (secondary N) is 1. The Morgan fingerprint density at radius 1 is 0.882 bits per heavy atom. The molecule has 0 saturated carbocycles. The van der Waals surface area contributed by atoms with Crippen LogP contribution in [0.1, 0.15) is 0 Å². The average Bonchev–Trinajstić information content (AvgIpc) is 2.88. The third-order valence-electron chi connectivity index (χ3n) is 3.56. The van der Waals surface area contributed by atoms with Crippen LogP contribution in [-0.2, 0) is 7.05 Å². The van der Waals surface area contributed by atoms with Crippen LogP contribution in [0.5, 0.6) is 0 Å². The molecule has 0 saturated heterocycles. The van der Waals surface area contributed by atoms with Crippen molar-refractivity contribution in [3.05, 3.63) is 48.5 Å². The smallest absolute Gasteiger partial charge is 0.119 e. The highest BCUT2D eigenvalue weighted by atomic mass is 15.0. The van der Waals surface area contributed by atoms with Gasteiger partial charge in [-0.05, 0) is 12.1 Å². The Labute approximate surface area is 98.5 Å². The molecular formula is C15H12N2. The van der Waals surface area contributed by atoms with Crippen molar-refractivity contribution < 1.29 is 0 Å². The number of H-pyrrole nitrogens is 1. The van der Waals surface area contributed by atoms with Crippen molar-refractivity contribution in [2.24, 2.45) is 7.05 Å². The van der Waals surface area contributed by atoms with E-state index in [9.17, 15) is 0 Å². The lowest BCUT2D eigenvalue weighted by atomic mass is 10.1. The first-order valence-electron chi connectivity index (χ1n) is 5.80. The first-order valence-corrected chi connectivity index (χ1v) is 5.80. The van der Waals surface area contributed by atoms with E-state index >= 15 is 0 Å². The number of hydrogen-bond donors (Lipinski definition) is 1. The number of aromatic amines is 1. The molecule has 2 aromatic carbocycles. The van der Waals surface area contributed by atoms with Crippen molar-refractivity contribution in [3.63, 3.8) is 0 Å². The topological polar surface area (TPSA) is 20.7 Å². The summed E-state index contributed by atoms with van der Waals surface area (Å²) in [7, 11) is 2.11. The third kappa shape index (κ3) is 0.998. The van der Waals surface area contributed by atoms with Crippen LogP contribution in [0.3, 0.4) is 0 Å². The van der Waals surface area contributed by atoms with Gasteiger partial charge in [-0.15, -0.1) is 0 Å². The zero-order chi connectivity index (χ0) is 11.4. The molecule has 4 rings (SSSR count). The quantitative estimate of drug-likeness (QED) is 0.465. The van der Waals surface area contributed by atoms with Gasteiger partial charge in [-0.25, -0.2) is 0 Å². The normalized spacial score (nSPS) is 11.8. The van der Waals surface area contributed by atoms with Crippen LogP contribution in [-0.4, -0.2) is 9.55 Å². The highest BCUT2D eigenvalue weighted by Gasteiger charge is 2.12. The molecule has 2 nitrogen and oxygen atoms in total. The zero-order valence-electron chi connectivity index (χ0n) is 9.57. The van der Waals surface area contributed by atoms with Crippen molar-refractivity contribution in [1.82, 2.24) is 9.55 Å². The second-order valence-electron chi connectivity index (χ2n) is 4.47. The summed E-state index contributed by atoms with van der Waals surface area (Å²) in [5.74, 6) is 0. The molecule has 0 spiro atoms. The number of hydrogen-bond acceptors (Lipinski definition) is 0. The second-order valence-corrected chi connectivity index (χ2v) is 4.47. The zero-order valence-corrected chi connectivity index (χ0v) is 9.57. The summed E-state index contributed by atoms with van der Waals surface area (Å²) in [5, 5.41) is 3.96. The van der Waals surface area contributed by atoms with E-state index in [1.54, 1.807) is 0 Å². The molecule has 0 bridgehead atoms. The largest absolute Gasteiger partial charge is 0.341 e. The molecule has 2 heteroatoms. The Bertz CT molecular complexity index is 849. The summed E-state index contributed by atoms with van der Waals surface area (Å²) in [6, 6.07) is 17.0. The summed E-state index contributed by atoms with van der Waals surface area (Å²) in [4.78, 5) is 3.50. The maximum absolute atomic E-state index is 3.50. The SMILES string of the molecule is Cn1c2ccccc2c2c3ccccc3[nH]c21. The van der Waals surface area contributed by atoms with Gasteiger partial charge in [-0.2, -0.15) is 0 Å². The first-order chi connectivity index (χ1) is 8.36.